The van der Waals surface area contributed by atoms with Gasteiger partial charge < -0.3 is 9.47 Å². The van der Waals surface area contributed by atoms with Crippen LogP contribution in [0.5, 0.6) is 11.5 Å². The molecule has 0 aromatic heterocycles. The van der Waals surface area contributed by atoms with Crippen LogP contribution in [-0.2, 0) is 9.09 Å². The molecule has 0 spiro atoms. The van der Waals surface area contributed by atoms with E-state index in [9.17, 15) is 4.57 Å². The van der Waals surface area contributed by atoms with Crippen molar-refractivity contribution < 1.29 is 18.6 Å². The highest BCUT2D eigenvalue weighted by molar-refractivity contribution is 7.48. The Hall–Kier alpha value is -2.16. The monoisotopic (exact) mass is 359 g/mol. The largest absolute Gasteiger partial charge is 0.549 e. The summed E-state index contributed by atoms with van der Waals surface area (Å²) in [6, 6.07) is 11.3. The first-order valence-electron chi connectivity index (χ1n) is 8.21. The standard InChI is InChI=1S/C20H24O4P/c1-6-15-12-16(8-10-19(15)24-14(3)4)18-13-17(22-5)9-11-20(18)25(21)23-7-2/h6,8-14H,1,7H2,2-5H3/q+1. The Morgan fingerprint density at radius 2 is 1.96 bits per heavy atom. The Morgan fingerprint density at radius 1 is 1.20 bits per heavy atom. The molecule has 0 fully saturated rings. The maximum absolute atomic E-state index is 12.4. The SMILES string of the molecule is C=Cc1cc(-c2cc(OC)ccc2[P+](=O)OCC)ccc1OC(C)C. The normalized spacial score (nSPS) is 11.3. The molecule has 0 bridgehead atoms. The van der Waals surface area contributed by atoms with Crippen LogP contribution in [0, 0.1) is 0 Å². The highest BCUT2D eigenvalue weighted by atomic mass is 31.1. The topological polar surface area (TPSA) is 44.8 Å². The summed E-state index contributed by atoms with van der Waals surface area (Å²) in [4.78, 5) is 0. The summed E-state index contributed by atoms with van der Waals surface area (Å²) in [6.45, 7) is 10.0. The highest BCUT2D eigenvalue weighted by Gasteiger charge is 2.27. The Bertz CT molecular complexity index is 768. The molecule has 0 saturated heterocycles. The maximum atomic E-state index is 12.4. The van der Waals surface area contributed by atoms with Gasteiger partial charge in [0.2, 0.25) is 5.30 Å². The Labute approximate surface area is 150 Å². The van der Waals surface area contributed by atoms with Crippen molar-refractivity contribution in [2.24, 2.45) is 0 Å². The third kappa shape index (κ3) is 4.68. The van der Waals surface area contributed by atoms with Crippen LogP contribution in [0.25, 0.3) is 17.2 Å². The van der Waals surface area contributed by atoms with Gasteiger partial charge in [-0.3, -0.25) is 0 Å². The average Bonchev–Trinajstić information content (AvgIpc) is 2.61. The molecule has 0 aliphatic carbocycles. The molecular formula is C20H24O4P+. The van der Waals surface area contributed by atoms with Crippen molar-refractivity contribution >= 4 is 19.4 Å². The van der Waals surface area contributed by atoms with E-state index in [1.807, 2.05) is 45.0 Å². The lowest BCUT2D eigenvalue weighted by Crippen LogP contribution is -2.07. The minimum atomic E-state index is -1.94. The molecular weight excluding hydrogens is 335 g/mol. The molecule has 4 nitrogen and oxygen atoms in total. The van der Waals surface area contributed by atoms with Crippen molar-refractivity contribution in [2.75, 3.05) is 13.7 Å². The molecule has 1 atom stereocenters. The molecule has 0 radical (unpaired) electrons. The number of hydrogen-bond acceptors (Lipinski definition) is 4. The molecule has 1 unspecified atom stereocenters. The van der Waals surface area contributed by atoms with Gasteiger partial charge in [0.25, 0.3) is 0 Å². The molecule has 0 heterocycles. The third-order valence-electron chi connectivity index (χ3n) is 3.55. The van der Waals surface area contributed by atoms with Crippen LogP contribution in [0.2, 0.25) is 0 Å². The summed E-state index contributed by atoms with van der Waals surface area (Å²) < 4.78 is 28.9. The fourth-order valence-corrected chi connectivity index (χ4v) is 3.42. The first-order valence-corrected chi connectivity index (χ1v) is 9.39. The van der Waals surface area contributed by atoms with Crippen LogP contribution in [-0.4, -0.2) is 19.8 Å². The molecule has 0 amide bonds. The maximum Gasteiger partial charge on any atom is 0.549 e. The molecule has 2 aromatic carbocycles. The van der Waals surface area contributed by atoms with E-state index < -0.39 is 8.03 Å². The van der Waals surface area contributed by atoms with Gasteiger partial charge in [-0.15, -0.1) is 4.52 Å². The molecule has 0 saturated carbocycles. The lowest BCUT2D eigenvalue weighted by Gasteiger charge is -2.14. The number of rotatable bonds is 8. The summed E-state index contributed by atoms with van der Waals surface area (Å²) in [5, 5.41) is 0.644. The van der Waals surface area contributed by atoms with E-state index in [-0.39, 0.29) is 6.10 Å². The molecule has 0 aliphatic heterocycles. The van der Waals surface area contributed by atoms with Gasteiger partial charge in [-0.25, -0.2) is 0 Å². The van der Waals surface area contributed by atoms with Crippen molar-refractivity contribution in [1.29, 1.82) is 0 Å². The third-order valence-corrected chi connectivity index (χ3v) is 4.83. The van der Waals surface area contributed by atoms with E-state index >= 15 is 0 Å². The van der Waals surface area contributed by atoms with E-state index in [0.29, 0.717) is 17.7 Å². The number of hydrogen-bond donors (Lipinski definition) is 0. The van der Waals surface area contributed by atoms with Crippen LogP contribution in [0.15, 0.2) is 43.0 Å². The van der Waals surface area contributed by atoms with Gasteiger partial charge in [-0.05, 0) is 61.2 Å². The Morgan fingerprint density at radius 3 is 2.56 bits per heavy atom. The zero-order valence-electron chi connectivity index (χ0n) is 15.1. The van der Waals surface area contributed by atoms with Crippen molar-refractivity contribution in [1.82, 2.24) is 0 Å². The Balaban J connectivity index is 2.55. The van der Waals surface area contributed by atoms with Crippen molar-refractivity contribution in [3.63, 3.8) is 0 Å². The average molecular weight is 359 g/mol. The van der Waals surface area contributed by atoms with Crippen LogP contribution in [0.3, 0.4) is 0 Å². The van der Waals surface area contributed by atoms with Crippen molar-refractivity contribution in [3.8, 4) is 22.6 Å². The zero-order valence-corrected chi connectivity index (χ0v) is 16.0. The predicted octanol–water partition coefficient (Wildman–Crippen LogP) is 5.20. The van der Waals surface area contributed by atoms with Crippen LogP contribution < -0.4 is 14.8 Å². The first-order chi connectivity index (χ1) is 12.0. The summed E-state index contributed by atoms with van der Waals surface area (Å²) in [5.74, 6) is 1.47. The molecule has 0 N–H and O–H groups in total. The zero-order chi connectivity index (χ0) is 18.4. The fourth-order valence-electron chi connectivity index (χ4n) is 2.46. The second kappa shape index (κ2) is 8.80. The van der Waals surface area contributed by atoms with Gasteiger partial charge in [0.1, 0.15) is 18.1 Å². The molecule has 2 aromatic rings. The van der Waals surface area contributed by atoms with E-state index in [4.69, 9.17) is 14.0 Å². The summed E-state index contributed by atoms with van der Waals surface area (Å²) in [5.41, 5.74) is 2.60. The number of benzene rings is 2. The summed E-state index contributed by atoms with van der Waals surface area (Å²) in [7, 11) is -0.328. The van der Waals surface area contributed by atoms with E-state index in [1.165, 1.54) is 0 Å². The van der Waals surface area contributed by atoms with Gasteiger partial charge in [0, 0.05) is 11.1 Å². The lowest BCUT2D eigenvalue weighted by atomic mass is 10.0. The minimum Gasteiger partial charge on any atom is -0.497 e. The molecule has 2 rings (SSSR count). The van der Waals surface area contributed by atoms with Gasteiger partial charge in [0.05, 0.1) is 13.2 Å². The van der Waals surface area contributed by atoms with Gasteiger partial charge in [0.15, 0.2) is 0 Å². The fraction of sp³-hybridized carbons (Fsp3) is 0.300. The highest BCUT2D eigenvalue weighted by Crippen LogP contribution is 2.34. The summed E-state index contributed by atoms with van der Waals surface area (Å²) in [6.07, 6.45) is 1.83. The first kappa shape index (κ1) is 19.2. The second-order valence-corrected chi connectivity index (χ2v) is 6.94. The second-order valence-electron chi connectivity index (χ2n) is 5.68. The molecule has 25 heavy (non-hydrogen) atoms. The molecule has 0 aliphatic rings. The van der Waals surface area contributed by atoms with E-state index in [2.05, 4.69) is 6.58 Å². The predicted molar refractivity (Wildman–Crippen MR) is 103 cm³/mol. The van der Waals surface area contributed by atoms with Crippen molar-refractivity contribution in [2.45, 2.75) is 26.9 Å². The number of methoxy groups -OCH3 is 1. The number of ether oxygens (including phenoxy) is 2. The minimum absolute atomic E-state index is 0.0735. The van der Waals surface area contributed by atoms with Crippen LogP contribution in [0.1, 0.15) is 26.3 Å². The van der Waals surface area contributed by atoms with Crippen molar-refractivity contribution in [3.05, 3.63) is 48.5 Å². The smallest absolute Gasteiger partial charge is 0.497 e. The van der Waals surface area contributed by atoms with Crippen LogP contribution in [0.4, 0.5) is 0 Å². The quantitative estimate of drug-likeness (QED) is 0.608. The van der Waals surface area contributed by atoms with Gasteiger partial charge in [-0.1, -0.05) is 18.7 Å². The molecule has 132 valence electrons. The van der Waals surface area contributed by atoms with E-state index in [0.717, 1.165) is 22.4 Å². The van der Waals surface area contributed by atoms with Crippen LogP contribution >= 0.6 is 8.03 Å². The lowest BCUT2D eigenvalue weighted by molar-refractivity contribution is 0.242. The van der Waals surface area contributed by atoms with Gasteiger partial charge in [-0.2, -0.15) is 0 Å². The molecule has 5 heteroatoms. The van der Waals surface area contributed by atoms with Gasteiger partial charge >= 0.3 is 8.03 Å². The summed E-state index contributed by atoms with van der Waals surface area (Å²) >= 11 is 0. The Kier molecular flexibility index (Phi) is 6.74. The van der Waals surface area contributed by atoms with E-state index in [1.54, 1.807) is 25.3 Å².